The molecule has 12 nitrogen and oxygen atoms in total. The first-order chi connectivity index (χ1) is 22.4. The molecular weight excluding hydrogens is 612 g/mol. The summed E-state index contributed by atoms with van der Waals surface area (Å²) in [7, 11) is 0. The van der Waals surface area contributed by atoms with Crippen molar-refractivity contribution in [2.45, 2.75) is 153 Å². The number of aliphatic hydroxyl groups excluding tert-OH is 5. The van der Waals surface area contributed by atoms with E-state index in [4.69, 9.17) is 28.4 Å². The minimum atomic E-state index is -1.39. The summed E-state index contributed by atoms with van der Waals surface area (Å²) in [4.78, 5) is 11.9. The third kappa shape index (κ3) is 6.34. The number of carbonyl (C=O) groups is 1. The Morgan fingerprint density at radius 1 is 0.872 bits per heavy atom. The van der Waals surface area contributed by atoms with E-state index in [1.807, 2.05) is 0 Å². The molecular formula is C35H54O12. The molecule has 0 radical (unpaired) electrons. The number of epoxide rings is 1. The van der Waals surface area contributed by atoms with E-state index in [1.165, 1.54) is 0 Å². The zero-order valence-electron chi connectivity index (χ0n) is 27.8. The van der Waals surface area contributed by atoms with Crippen molar-refractivity contribution in [2.75, 3.05) is 13.2 Å². The summed E-state index contributed by atoms with van der Waals surface area (Å²) in [5.74, 6) is 1.46. The molecule has 3 saturated heterocycles. The summed E-state index contributed by atoms with van der Waals surface area (Å²) >= 11 is 0. The maximum Gasteiger partial charge on any atom is 0.331 e. The largest absolute Gasteiger partial charge is 0.458 e. The van der Waals surface area contributed by atoms with Crippen LogP contribution in [-0.2, 0) is 33.2 Å². The van der Waals surface area contributed by atoms with Crippen LogP contribution in [0.1, 0.15) is 85.0 Å². The highest BCUT2D eigenvalue weighted by Gasteiger charge is 2.59. The van der Waals surface area contributed by atoms with E-state index in [2.05, 4.69) is 13.8 Å². The number of cyclic esters (lactones) is 1. The van der Waals surface area contributed by atoms with Gasteiger partial charge < -0.3 is 54.0 Å². The number of aliphatic hydroxyl groups is 5. The van der Waals surface area contributed by atoms with Gasteiger partial charge in [-0.1, -0.05) is 26.7 Å². The molecule has 9 unspecified atom stereocenters. The van der Waals surface area contributed by atoms with Crippen LogP contribution in [0.25, 0.3) is 0 Å². The lowest BCUT2D eigenvalue weighted by atomic mass is 9.50. The molecule has 17 atom stereocenters. The summed E-state index contributed by atoms with van der Waals surface area (Å²) in [6, 6.07) is 0. The molecule has 0 amide bonds. The first-order valence-electron chi connectivity index (χ1n) is 17.9. The third-order valence-corrected chi connectivity index (χ3v) is 13.3. The highest BCUT2D eigenvalue weighted by molar-refractivity contribution is 5.85. The van der Waals surface area contributed by atoms with Crippen molar-refractivity contribution in [1.29, 1.82) is 0 Å². The first kappa shape index (κ1) is 34.3. The number of fused-ring (bicyclic) bond motifs is 4. The Hall–Kier alpha value is -1.19. The average molecular weight is 667 g/mol. The lowest BCUT2D eigenvalue weighted by Crippen LogP contribution is -2.62. The molecule has 0 bridgehead atoms. The van der Waals surface area contributed by atoms with Gasteiger partial charge in [0.05, 0.1) is 12.2 Å². The summed E-state index contributed by atoms with van der Waals surface area (Å²) in [5.41, 5.74) is 0.853. The quantitative estimate of drug-likeness (QED) is 0.158. The van der Waals surface area contributed by atoms with Crippen LogP contribution >= 0.6 is 0 Å². The maximum absolute atomic E-state index is 11.9. The number of hydrogen-bond donors (Lipinski definition) is 5. The van der Waals surface area contributed by atoms with Crippen LogP contribution in [0.2, 0.25) is 0 Å². The normalized spacial score (nSPS) is 53.3. The van der Waals surface area contributed by atoms with Gasteiger partial charge >= 0.3 is 5.97 Å². The highest BCUT2D eigenvalue weighted by atomic mass is 16.8. The highest BCUT2D eigenvalue weighted by Crippen LogP contribution is 2.60. The summed E-state index contributed by atoms with van der Waals surface area (Å²) < 4.78 is 34.3. The van der Waals surface area contributed by atoms with Crippen molar-refractivity contribution in [1.82, 2.24) is 0 Å². The smallest absolute Gasteiger partial charge is 0.331 e. The van der Waals surface area contributed by atoms with E-state index in [-0.39, 0.29) is 35.4 Å². The van der Waals surface area contributed by atoms with Crippen molar-refractivity contribution in [2.24, 2.45) is 34.5 Å². The second-order valence-electron chi connectivity index (χ2n) is 16.1. The molecule has 12 heteroatoms. The topological polar surface area (TPSA) is 177 Å². The zero-order chi connectivity index (χ0) is 33.2. The van der Waals surface area contributed by atoms with Gasteiger partial charge in [0.2, 0.25) is 0 Å². The van der Waals surface area contributed by atoms with Gasteiger partial charge in [-0.25, -0.2) is 4.79 Å². The van der Waals surface area contributed by atoms with E-state index in [1.54, 1.807) is 13.0 Å². The fourth-order valence-corrected chi connectivity index (χ4v) is 10.3. The van der Waals surface area contributed by atoms with Gasteiger partial charge in [-0.3, -0.25) is 0 Å². The summed E-state index contributed by atoms with van der Waals surface area (Å²) in [6.07, 6.45) is 0.963. The second kappa shape index (κ2) is 13.2. The predicted molar refractivity (Wildman–Crippen MR) is 164 cm³/mol. The van der Waals surface area contributed by atoms with Crippen molar-refractivity contribution in [3.63, 3.8) is 0 Å². The Morgan fingerprint density at radius 3 is 2.40 bits per heavy atom. The molecule has 5 N–H and O–H groups in total. The van der Waals surface area contributed by atoms with Crippen LogP contribution < -0.4 is 0 Å². The van der Waals surface area contributed by atoms with Gasteiger partial charge in [0.15, 0.2) is 18.9 Å². The minimum Gasteiger partial charge on any atom is -0.458 e. The monoisotopic (exact) mass is 666 g/mol. The van der Waals surface area contributed by atoms with E-state index in [0.717, 1.165) is 69.8 Å². The van der Waals surface area contributed by atoms with E-state index < -0.39 is 61.6 Å². The predicted octanol–water partition coefficient (Wildman–Crippen LogP) is 1.92. The Labute approximate surface area is 276 Å². The Bertz CT molecular complexity index is 1180. The van der Waals surface area contributed by atoms with Crippen LogP contribution in [0.15, 0.2) is 11.6 Å². The van der Waals surface area contributed by atoms with Crippen LogP contribution in [0.4, 0.5) is 0 Å². The van der Waals surface area contributed by atoms with Crippen molar-refractivity contribution in [3.8, 4) is 0 Å². The van der Waals surface area contributed by atoms with Crippen molar-refractivity contribution >= 4 is 5.97 Å². The van der Waals surface area contributed by atoms with Gasteiger partial charge in [-0.05, 0) is 98.4 Å². The van der Waals surface area contributed by atoms with Gasteiger partial charge in [-0.2, -0.15) is 0 Å². The van der Waals surface area contributed by atoms with Crippen molar-refractivity contribution in [3.05, 3.63) is 11.6 Å². The molecule has 47 heavy (non-hydrogen) atoms. The number of carbonyl (C=O) groups excluding carboxylic acids is 1. The molecule has 0 aromatic heterocycles. The molecule has 4 heterocycles. The molecule has 4 aliphatic heterocycles. The fraction of sp³-hybridized carbons (Fsp3) is 0.914. The standard InChI is InChI=1S/C35H54O12/c1-17-25(38)29(45-31-27(40)26(39)30-33(46-30)47-31)28(41)32(43-17)44-21-9-12-35(3)20(14-21)8-7-18-5-4-6-22(19-13-24(37)42-15-19)34(2,16-36)11-10-23(18)35/h13,17-18,20-23,25-33,36,38-41H,4-12,14-16H2,1-3H3/t17?,18-,20-,21+,22-,23?,25?,26-,27+,28+,29+,30?,31?,32?,33?,34?,35?/m1/s1. The molecule has 0 spiro atoms. The Balaban J connectivity index is 1.00. The van der Waals surface area contributed by atoms with Crippen molar-refractivity contribution < 1.29 is 58.7 Å². The van der Waals surface area contributed by atoms with Crippen LogP contribution in [0, 0.1) is 34.5 Å². The van der Waals surface area contributed by atoms with Gasteiger partial charge in [0.25, 0.3) is 0 Å². The third-order valence-electron chi connectivity index (χ3n) is 13.3. The molecule has 266 valence electrons. The van der Waals surface area contributed by atoms with Crippen LogP contribution in [0.3, 0.4) is 0 Å². The lowest BCUT2D eigenvalue weighted by molar-refractivity contribution is -0.347. The number of rotatable bonds is 6. The summed E-state index contributed by atoms with van der Waals surface area (Å²) in [5, 5.41) is 53.5. The molecule has 0 aromatic rings. The lowest BCUT2D eigenvalue weighted by Gasteiger charge is -2.56. The number of hydrogen-bond acceptors (Lipinski definition) is 12. The van der Waals surface area contributed by atoms with Gasteiger partial charge in [0.1, 0.15) is 43.2 Å². The Morgan fingerprint density at radius 2 is 1.66 bits per heavy atom. The molecule has 3 aliphatic carbocycles. The van der Waals surface area contributed by atoms with E-state index in [9.17, 15) is 30.3 Å². The van der Waals surface area contributed by atoms with Gasteiger partial charge in [-0.15, -0.1) is 0 Å². The minimum absolute atomic E-state index is 0.0828. The van der Waals surface area contributed by atoms with Gasteiger partial charge in [0, 0.05) is 12.7 Å². The molecule has 7 aliphatic rings. The Kier molecular flexibility index (Phi) is 9.60. The average Bonchev–Trinajstić information content (AvgIpc) is 3.69. The van der Waals surface area contributed by atoms with Crippen LogP contribution in [-0.4, -0.2) is 112 Å². The first-order valence-corrected chi connectivity index (χ1v) is 17.9. The zero-order valence-corrected chi connectivity index (χ0v) is 27.8. The number of ether oxygens (including phenoxy) is 6. The number of esters is 1. The summed E-state index contributed by atoms with van der Waals surface area (Å²) in [6.45, 7) is 6.74. The van der Waals surface area contributed by atoms with E-state index in [0.29, 0.717) is 24.4 Å². The van der Waals surface area contributed by atoms with Crippen LogP contribution in [0.5, 0.6) is 0 Å². The molecule has 0 aromatic carbocycles. The molecule has 6 fully saturated rings. The molecule has 3 saturated carbocycles. The fourth-order valence-electron chi connectivity index (χ4n) is 10.3. The SMILES string of the molecule is CC1OC(O[C@H]2CCC3(C)C4CCC(C)(CO)[C@@H](C5=CC(=O)OC5)CCC[C@@H]4CC[C@@H]3C2)[C@@H](O)[C@@H](OC2OC3OC3[C@H](O)[C@@H]2O)C1O. The molecule has 7 rings (SSSR count). The maximum atomic E-state index is 11.9. The van der Waals surface area contributed by atoms with E-state index >= 15 is 0 Å². The second-order valence-corrected chi connectivity index (χ2v) is 16.1.